The van der Waals surface area contributed by atoms with Crippen LogP contribution in [0.5, 0.6) is 5.75 Å². The highest BCUT2D eigenvalue weighted by Crippen LogP contribution is 2.31. The molecular weight excluding hydrogens is 192 g/mol. The summed E-state index contributed by atoms with van der Waals surface area (Å²) < 4.78 is 4.94. The fourth-order valence-corrected chi connectivity index (χ4v) is 1.15. The maximum atomic E-state index is 10.5. The Bertz CT molecular complexity index is 328. The number of methoxy groups -OCH3 is 1. The van der Waals surface area contributed by atoms with Gasteiger partial charge in [0.25, 0.3) is 0 Å². The molecule has 0 aliphatic heterocycles. The Morgan fingerprint density at radius 1 is 1.62 bits per heavy atom. The molecular formula is C8H9ClN2O2. The van der Waals surface area contributed by atoms with Crippen molar-refractivity contribution in [2.75, 3.05) is 12.4 Å². The molecule has 0 bridgehead atoms. The van der Waals surface area contributed by atoms with Crippen LogP contribution in [0.25, 0.3) is 0 Å². The van der Waals surface area contributed by atoms with Crippen LogP contribution in [0.15, 0.2) is 18.2 Å². The molecule has 1 aromatic carbocycles. The molecule has 4 nitrogen and oxygen atoms in total. The number of primary amides is 1. The van der Waals surface area contributed by atoms with Crippen molar-refractivity contribution in [3.8, 4) is 5.75 Å². The highest BCUT2D eigenvalue weighted by molar-refractivity contribution is 6.35. The van der Waals surface area contributed by atoms with E-state index < -0.39 is 6.03 Å². The van der Waals surface area contributed by atoms with Crippen molar-refractivity contribution < 1.29 is 9.53 Å². The molecule has 0 fully saturated rings. The van der Waals surface area contributed by atoms with Gasteiger partial charge in [-0.05, 0) is 12.1 Å². The molecule has 0 unspecified atom stereocenters. The average Bonchev–Trinajstić information content (AvgIpc) is 2.08. The minimum absolute atomic E-state index is 0.337. The van der Waals surface area contributed by atoms with E-state index >= 15 is 0 Å². The molecule has 0 saturated carbocycles. The summed E-state index contributed by atoms with van der Waals surface area (Å²) in [6, 6.07) is 4.37. The van der Waals surface area contributed by atoms with Crippen molar-refractivity contribution >= 4 is 23.3 Å². The zero-order valence-electron chi connectivity index (χ0n) is 7.00. The molecule has 0 heterocycles. The lowest BCUT2D eigenvalue weighted by Crippen LogP contribution is -2.19. The number of carbonyl (C=O) groups is 1. The minimum atomic E-state index is -0.657. The van der Waals surface area contributed by atoms with E-state index in [2.05, 4.69) is 5.32 Å². The van der Waals surface area contributed by atoms with E-state index in [1.807, 2.05) is 0 Å². The highest BCUT2D eigenvalue weighted by atomic mass is 35.5. The monoisotopic (exact) mass is 200 g/mol. The zero-order chi connectivity index (χ0) is 9.84. The van der Waals surface area contributed by atoms with Crippen molar-refractivity contribution in [3.05, 3.63) is 23.2 Å². The number of nitrogens with two attached hydrogens (primary N) is 1. The second-order valence-corrected chi connectivity index (χ2v) is 2.69. The number of amides is 2. The molecule has 70 valence electrons. The number of halogens is 1. The Labute approximate surface area is 80.6 Å². The van der Waals surface area contributed by atoms with Gasteiger partial charge in [0, 0.05) is 0 Å². The van der Waals surface area contributed by atoms with Gasteiger partial charge in [-0.15, -0.1) is 0 Å². The summed E-state index contributed by atoms with van der Waals surface area (Å²) in [7, 11) is 1.50. The van der Waals surface area contributed by atoms with Crippen molar-refractivity contribution in [2.45, 2.75) is 0 Å². The lowest BCUT2D eigenvalue weighted by atomic mass is 10.3. The Balaban J connectivity index is 3.01. The number of nitrogens with one attached hydrogen (secondary N) is 1. The maximum absolute atomic E-state index is 10.5. The van der Waals surface area contributed by atoms with Gasteiger partial charge < -0.3 is 15.8 Å². The summed E-state index contributed by atoms with van der Waals surface area (Å²) in [6.45, 7) is 0. The Kier molecular flexibility index (Phi) is 2.97. The normalized spacial score (nSPS) is 9.38. The van der Waals surface area contributed by atoms with Gasteiger partial charge in [0.05, 0.1) is 12.8 Å². The molecule has 1 rings (SSSR count). The van der Waals surface area contributed by atoms with Gasteiger partial charge >= 0.3 is 6.03 Å². The number of urea groups is 1. The SMILES string of the molecule is COc1cccc(NC(N)=O)c1Cl. The number of hydrogen-bond acceptors (Lipinski definition) is 2. The van der Waals surface area contributed by atoms with Crippen LogP contribution in [0.4, 0.5) is 10.5 Å². The Morgan fingerprint density at radius 3 is 2.85 bits per heavy atom. The van der Waals surface area contributed by atoms with E-state index in [1.165, 1.54) is 7.11 Å². The van der Waals surface area contributed by atoms with E-state index in [9.17, 15) is 4.79 Å². The van der Waals surface area contributed by atoms with E-state index in [-0.39, 0.29) is 0 Å². The maximum Gasteiger partial charge on any atom is 0.316 e. The molecule has 0 aliphatic carbocycles. The second kappa shape index (κ2) is 4.00. The third-order valence-electron chi connectivity index (χ3n) is 1.44. The first-order valence-electron chi connectivity index (χ1n) is 3.54. The lowest BCUT2D eigenvalue weighted by Gasteiger charge is -2.07. The fourth-order valence-electron chi connectivity index (χ4n) is 0.898. The van der Waals surface area contributed by atoms with Crippen LogP contribution in [-0.4, -0.2) is 13.1 Å². The van der Waals surface area contributed by atoms with Gasteiger partial charge in [-0.2, -0.15) is 0 Å². The van der Waals surface area contributed by atoms with Gasteiger partial charge in [0.15, 0.2) is 0 Å². The quantitative estimate of drug-likeness (QED) is 0.765. The Hall–Kier alpha value is -1.42. The van der Waals surface area contributed by atoms with E-state index in [4.69, 9.17) is 22.1 Å². The van der Waals surface area contributed by atoms with Crippen LogP contribution < -0.4 is 15.8 Å². The number of rotatable bonds is 2. The zero-order valence-corrected chi connectivity index (χ0v) is 7.76. The molecule has 0 saturated heterocycles. The largest absolute Gasteiger partial charge is 0.495 e. The molecule has 3 N–H and O–H groups in total. The number of benzene rings is 1. The molecule has 1 aromatic rings. The number of anilines is 1. The predicted molar refractivity (Wildman–Crippen MR) is 51.2 cm³/mol. The van der Waals surface area contributed by atoms with Crippen LogP contribution in [0.2, 0.25) is 5.02 Å². The summed E-state index contributed by atoms with van der Waals surface area (Å²) >= 11 is 5.86. The highest BCUT2D eigenvalue weighted by Gasteiger charge is 2.06. The first kappa shape index (κ1) is 9.67. The van der Waals surface area contributed by atoms with Crippen molar-refractivity contribution in [1.29, 1.82) is 0 Å². The summed E-state index contributed by atoms with van der Waals surface area (Å²) in [5.74, 6) is 0.493. The van der Waals surface area contributed by atoms with Crippen LogP contribution >= 0.6 is 11.6 Å². The summed E-state index contributed by atoms with van der Waals surface area (Å²) in [5, 5.41) is 2.71. The third-order valence-corrected chi connectivity index (χ3v) is 1.83. The van der Waals surface area contributed by atoms with Crippen LogP contribution in [0, 0.1) is 0 Å². The smallest absolute Gasteiger partial charge is 0.316 e. The number of hydrogen-bond donors (Lipinski definition) is 2. The molecule has 0 radical (unpaired) electrons. The molecule has 2 amide bonds. The van der Waals surface area contributed by atoms with Crippen molar-refractivity contribution in [2.24, 2.45) is 5.73 Å². The predicted octanol–water partition coefficient (Wildman–Crippen LogP) is 1.84. The van der Waals surface area contributed by atoms with Crippen molar-refractivity contribution in [3.63, 3.8) is 0 Å². The van der Waals surface area contributed by atoms with Gasteiger partial charge in [-0.3, -0.25) is 0 Å². The topological polar surface area (TPSA) is 64.3 Å². The third kappa shape index (κ3) is 2.26. The lowest BCUT2D eigenvalue weighted by molar-refractivity contribution is 0.259. The summed E-state index contributed by atoms with van der Waals surface area (Å²) in [6.07, 6.45) is 0. The molecule has 0 atom stereocenters. The van der Waals surface area contributed by atoms with Gasteiger partial charge in [0.1, 0.15) is 10.8 Å². The summed E-state index contributed by atoms with van der Waals surface area (Å²) in [5.41, 5.74) is 5.37. The number of ether oxygens (including phenoxy) is 1. The Morgan fingerprint density at radius 2 is 2.31 bits per heavy atom. The van der Waals surface area contributed by atoms with Gasteiger partial charge in [-0.25, -0.2) is 4.79 Å². The van der Waals surface area contributed by atoms with Gasteiger partial charge in [-0.1, -0.05) is 17.7 Å². The number of carbonyl (C=O) groups excluding carboxylic acids is 1. The molecule has 13 heavy (non-hydrogen) atoms. The average molecular weight is 201 g/mol. The van der Waals surface area contributed by atoms with Crippen LogP contribution in [-0.2, 0) is 0 Å². The van der Waals surface area contributed by atoms with E-state index in [1.54, 1.807) is 18.2 Å². The summed E-state index contributed by atoms with van der Waals surface area (Å²) in [4.78, 5) is 10.5. The van der Waals surface area contributed by atoms with E-state index in [0.717, 1.165) is 0 Å². The van der Waals surface area contributed by atoms with Crippen LogP contribution in [0.3, 0.4) is 0 Å². The van der Waals surface area contributed by atoms with Crippen molar-refractivity contribution in [1.82, 2.24) is 0 Å². The first-order valence-corrected chi connectivity index (χ1v) is 3.92. The van der Waals surface area contributed by atoms with Crippen LogP contribution in [0.1, 0.15) is 0 Å². The van der Waals surface area contributed by atoms with E-state index in [0.29, 0.717) is 16.5 Å². The first-order chi connectivity index (χ1) is 6.15. The minimum Gasteiger partial charge on any atom is -0.495 e. The standard InChI is InChI=1S/C8H9ClN2O2/c1-13-6-4-2-3-5(7(6)9)11-8(10)12/h2-4H,1H3,(H3,10,11,12). The fraction of sp³-hybridized carbons (Fsp3) is 0.125. The molecule has 5 heteroatoms. The molecule has 0 aromatic heterocycles. The second-order valence-electron chi connectivity index (χ2n) is 2.31. The molecule has 0 spiro atoms. The van der Waals surface area contributed by atoms with Gasteiger partial charge in [0.2, 0.25) is 0 Å². The molecule has 0 aliphatic rings.